The number of anilines is 1. The average molecular weight is 403 g/mol. The predicted octanol–water partition coefficient (Wildman–Crippen LogP) is 5.56. The molecule has 6 heteroatoms. The van der Waals surface area contributed by atoms with Gasteiger partial charge in [-0.05, 0) is 60.7 Å². The first-order valence-electron chi connectivity index (χ1n) is 9.93. The second-order valence-corrected chi connectivity index (χ2v) is 7.55. The second-order valence-electron chi connectivity index (χ2n) is 7.55. The van der Waals surface area contributed by atoms with E-state index in [1.165, 1.54) is 11.8 Å². The zero-order valence-electron chi connectivity index (χ0n) is 17.7. The molecule has 0 fully saturated rings. The predicted molar refractivity (Wildman–Crippen MR) is 117 cm³/mol. The Hall–Kier alpha value is -3.59. The van der Waals surface area contributed by atoms with Crippen LogP contribution in [-0.4, -0.2) is 17.6 Å². The van der Waals surface area contributed by atoms with Crippen LogP contribution in [0.15, 0.2) is 58.7 Å². The van der Waals surface area contributed by atoms with Crippen LogP contribution in [0.4, 0.5) is 5.69 Å². The first-order valence-corrected chi connectivity index (χ1v) is 9.93. The van der Waals surface area contributed by atoms with Crippen molar-refractivity contribution < 1.29 is 13.9 Å². The molecule has 1 aromatic heterocycles. The molecule has 1 N–H and O–H groups in total. The zero-order valence-corrected chi connectivity index (χ0v) is 17.7. The summed E-state index contributed by atoms with van der Waals surface area (Å²) in [6.45, 7) is 8.52. The molecule has 1 heterocycles. The number of fused-ring (bicyclic) bond motifs is 1. The Morgan fingerprint density at radius 3 is 2.60 bits per heavy atom. The van der Waals surface area contributed by atoms with E-state index in [-0.39, 0.29) is 17.6 Å². The number of nitrogens with one attached hydrogen (secondary N) is 1. The van der Waals surface area contributed by atoms with E-state index in [9.17, 15) is 4.79 Å². The highest BCUT2D eigenvalue weighted by atomic mass is 16.5. The summed E-state index contributed by atoms with van der Waals surface area (Å²) >= 11 is 0. The number of esters is 1. The fraction of sp³-hybridized carbons (Fsp3) is 0.292. The highest BCUT2D eigenvalue weighted by Crippen LogP contribution is 2.31. The lowest BCUT2D eigenvalue weighted by molar-refractivity contribution is -0.138. The molecule has 0 amide bonds. The van der Waals surface area contributed by atoms with Gasteiger partial charge in [-0.15, -0.1) is 0 Å². The van der Waals surface area contributed by atoms with Crippen LogP contribution in [0.3, 0.4) is 0 Å². The third kappa shape index (κ3) is 4.52. The topological polar surface area (TPSA) is 88.2 Å². The first-order chi connectivity index (χ1) is 14.4. The Morgan fingerprint density at radius 1 is 1.23 bits per heavy atom. The molecule has 30 heavy (non-hydrogen) atoms. The fourth-order valence-electron chi connectivity index (χ4n) is 2.89. The summed E-state index contributed by atoms with van der Waals surface area (Å²) in [6.07, 6.45) is 2.37. The van der Waals surface area contributed by atoms with Gasteiger partial charge in [0.15, 0.2) is 11.2 Å². The Morgan fingerprint density at radius 2 is 1.97 bits per heavy atom. The highest BCUT2D eigenvalue weighted by molar-refractivity contribution is 5.93. The van der Waals surface area contributed by atoms with Crippen molar-refractivity contribution in [2.24, 2.45) is 0 Å². The van der Waals surface area contributed by atoms with Gasteiger partial charge in [0.1, 0.15) is 11.6 Å². The molecule has 0 aliphatic heterocycles. The summed E-state index contributed by atoms with van der Waals surface area (Å²) < 4.78 is 10.8. The average Bonchev–Trinajstić information content (AvgIpc) is 3.18. The molecule has 0 bridgehead atoms. The number of hydrogen-bond donors (Lipinski definition) is 1. The minimum absolute atomic E-state index is 0.0833. The van der Waals surface area contributed by atoms with Gasteiger partial charge in [0, 0.05) is 17.5 Å². The number of hydrogen-bond acceptors (Lipinski definition) is 6. The lowest BCUT2D eigenvalue weighted by Crippen LogP contribution is -2.14. The summed E-state index contributed by atoms with van der Waals surface area (Å²) in [6, 6.07) is 15.4. The summed E-state index contributed by atoms with van der Waals surface area (Å²) in [5.74, 6) is -0.107. The van der Waals surface area contributed by atoms with E-state index in [1.807, 2.05) is 36.4 Å². The molecule has 0 saturated carbocycles. The first kappa shape index (κ1) is 21.1. The van der Waals surface area contributed by atoms with E-state index in [0.29, 0.717) is 5.89 Å². The molecule has 0 spiro atoms. The summed E-state index contributed by atoms with van der Waals surface area (Å²) in [5, 5.41) is 12.0. The van der Waals surface area contributed by atoms with Gasteiger partial charge in [-0.2, -0.15) is 5.26 Å². The van der Waals surface area contributed by atoms with Crippen LogP contribution in [0.2, 0.25) is 0 Å². The van der Waals surface area contributed by atoms with Crippen LogP contribution in [-0.2, 0) is 14.9 Å². The Bertz CT molecular complexity index is 1120. The van der Waals surface area contributed by atoms with Crippen molar-refractivity contribution in [1.29, 1.82) is 5.26 Å². The van der Waals surface area contributed by atoms with Crippen LogP contribution in [0.5, 0.6) is 0 Å². The molecular formula is C24H25N3O3. The van der Waals surface area contributed by atoms with Crippen molar-refractivity contribution in [2.45, 2.75) is 39.5 Å². The Labute approximate surface area is 176 Å². The van der Waals surface area contributed by atoms with E-state index in [4.69, 9.17) is 14.4 Å². The molecular weight excluding hydrogens is 378 g/mol. The lowest BCUT2D eigenvalue weighted by atomic mass is 9.82. The molecule has 0 aliphatic rings. The molecule has 0 aliphatic carbocycles. The van der Waals surface area contributed by atoms with Crippen LogP contribution in [0.25, 0.3) is 22.6 Å². The monoisotopic (exact) mass is 403 g/mol. The van der Waals surface area contributed by atoms with E-state index in [1.54, 1.807) is 6.92 Å². The quantitative estimate of drug-likeness (QED) is 0.315. The standard InChI is InChI=1S/C24H25N3O3/c1-5-24(3,4)18-9-12-21-20(13-18)27-22(30-21)16-7-10-19(11-8-16)26-15-17(14-25)23(28)29-6-2/h7-13,15,26H,5-6H2,1-4H3. The maximum Gasteiger partial charge on any atom is 0.350 e. The van der Waals surface area contributed by atoms with Gasteiger partial charge in [0.2, 0.25) is 5.89 Å². The van der Waals surface area contributed by atoms with Crippen molar-refractivity contribution in [2.75, 3.05) is 11.9 Å². The number of nitrogens with zero attached hydrogens (tertiary/aromatic N) is 2. The SMILES string of the molecule is CCOC(=O)C(C#N)=CNc1ccc(-c2nc3cc(C(C)(C)CC)ccc3o2)cc1. The molecule has 0 atom stereocenters. The van der Waals surface area contributed by atoms with Crippen molar-refractivity contribution in [3.63, 3.8) is 0 Å². The lowest BCUT2D eigenvalue weighted by Gasteiger charge is -2.22. The third-order valence-corrected chi connectivity index (χ3v) is 5.18. The molecule has 0 radical (unpaired) electrons. The normalized spacial score (nSPS) is 11.9. The van der Waals surface area contributed by atoms with Crippen LogP contribution in [0.1, 0.15) is 39.7 Å². The Balaban J connectivity index is 1.80. The molecule has 0 unspecified atom stereocenters. The van der Waals surface area contributed by atoms with Gasteiger partial charge < -0.3 is 14.5 Å². The second kappa shape index (κ2) is 8.83. The van der Waals surface area contributed by atoms with Crippen LogP contribution in [0, 0.1) is 11.3 Å². The van der Waals surface area contributed by atoms with E-state index in [2.05, 4.69) is 43.2 Å². The Kier molecular flexibility index (Phi) is 6.22. The van der Waals surface area contributed by atoms with Gasteiger partial charge in [-0.1, -0.05) is 26.8 Å². The van der Waals surface area contributed by atoms with Gasteiger partial charge in [-0.25, -0.2) is 9.78 Å². The summed E-state index contributed by atoms with van der Waals surface area (Å²) in [7, 11) is 0. The van der Waals surface area contributed by atoms with Crippen molar-refractivity contribution in [3.8, 4) is 17.5 Å². The van der Waals surface area contributed by atoms with Crippen molar-refractivity contribution in [1.82, 2.24) is 4.98 Å². The highest BCUT2D eigenvalue weighted by Gasteiger charge is 2.19. The maximum atomic E-state index is 11.7. The number of rotatable bonds is 7. The van der Waals surface area contributed by atoms with Crippen molar-refractivity contribution in [3.05, 3.63) is 59.8 Å². The summed E-state index contributed by atoms with van der Waals surface area (Å²) in [5.41, 5.74) is 4.37. The number of ether oxygens (including phenoxy) is 1. The van der Waals surface area contributed by atoms with Crippen LogP contribution < -0.4 is 5.32 Å². The number of aromatic nitrogens is 1. The number of carbonyl (C=O) groups is 1. The minimum atomic E-state index is -0.652. The third-order valence-electron chi connectivity index (χ3n) is 5.18. The van der Waals surface area contributed by atoms with E-state index < -0.39 is 5.97 Å². The maximum absolute atomic E-state index is 11.7. The number of carbonyl (C=O) groups excluding carboxylic acids is 1. The van der Waals surface area contributed by atoms with Gasteiger partial charge in [-0.3, -0.25) is 0 Å². The van der Waals surface area contributed by atoms with E-state index in [0.717, 1.165) is 28.8 Å². The van der Waals surface area contributed by atoms with Crippen molar-refractivity contribution >= 4 is 22.8 Å². The van der Waals surface area contributed by atoms with Gasteiger partial charge in [0.25, 0.3) is 0 Å². The zero-order chi connectivity index (χ0) is 21.7. The summed E-state index contributed by atoms with van der Waals surface area (Å²) in [4.78, 5) is 16.3. The fourth-order valence-corrected chi connectivity index (χ4v) is 2.89. The number of nitriles is 1. The number of benzene rings is 2. The minimum Gasteiger partial charge on any atom is -0.462 e. The smallest absolute Gasteiger partial charge is 0.350 e. The number of oxazole rings is 1. The van der Waals surface area contributed by atoms with Crippen LogP contribution >= 0.6 is 0 Å². The largest absolute Gasteiger partial charge is 0.462 e. The molecule has 0 saturated heterocycles. The molecule has 2 aromatic carbocycles. The molecule has 6 nitrogen and oxygen atoms in total. The molecule has 3 rings (SSSR count). The van der Waals surface area contributed by atoms with Gasteiger partial charge in [0.05, 0.1) is 6.61 Å². The van der Waals surface area contributed by atoms with Gasteiger partial charge >= 0.3 is 5.97 Å². The molecule has 154 valence electrons. The van der Waals surface area contributed by atoms with E-state index >= 15 is 0 Å². The molecule has 3 aromatic rings.